The van der Waals surface area contributed by atoms with Gasteiger partial charge in [0.05, 0.1) is 16.1 Å². The van der Waals surface area contributed by atoms with Gasteiger partial charge in [-0.15, -0.1) is 0 Å². The van der Waals surface area contributed by atoms with Gasteiger partial charge >= 0.3 is 6.09 Å². The van der Waals surface area contributed by atoms with Gasteiger partial charge in [-0.1, -0.05) is 59.6 Å². The Morgan fingerprint density at radius 1 is 1.21 bits per heavy atom. The maximum Gasteiger partial charge on any atom is 0.405 e. The van der Waals surface area contributed by atoms with Crippen LogP contribution in [-0.4, -0.2) is 17.2 Å². The van der Waals surface area contributed by atoms with E-state index in [1.807, 2.05) is 37.3 Å². The molecule has 5 heteroatoms. The second-order valence-corrected chi connectivity index (χ2v) is 6.76. The summed E-state index contributed by atoms with van der Waals surface area (Å²) in [6.07, 6.45) is 1.79. The lowest BCUT2D eigenvalue weighted by Gasteiger charge is -2.29. The molecule has 0 unspecified atom stereocenters. The summed E-state index contributed by atoms with van der Waals surface area (Å²) in [5, 5.41) is 12.6. The quantitative estimate of drug-likeness (QED) is 0.750. The van der Waals surface area contributed by atoms with Crippen LogP contribution in [0.2, 0.25) is 10.0 Å². The van der Waals surface area contributed by atoms with Crippen molar-refractivity contribution in [3.63, 3.8) is 0 Å². The summed E-state index contributed by atoms with van der Waals surface area (Å²) in [5.41, 5.74) is 4.44. The predicted molar refractivity (Wildman–Crippen MR) is 98.0 cm³/mol. The maximum atomic E-state index is 11.0. The van der Waals surface area contributed by atoms with Crippen molar-refractivity contribution in [2.24, 2.45) is 0 Å². The summed E-state index contributed by atoms with van der Waals surface area (Å²) < 4.78 is 0. The Morgan fingerprint density at radius 2 is 1.96 bits per heavy atom. The van der Waals surface area contributed by atoms with Crippen LogP contribution in [-0.2, 0) is 0 Å². The third-order valence-electron chi connectivity index (χ3n) is 4.39. The molecular formula is C19H17Cl2NO2. The molecule has 124 valence electrons. The van der Waals surface area contributed by atoms with Crippen molar-refractivity contribution in [2.75, 3.05) is 0 Å². The fraction of sp³-hybridized carbons (Fsp3) is 0.211. The zero-order chi connectivity index (χ0) is 17.3. The molecule has 0 fully saturated rings. The van der Waals surface area contributed by atoms with Gasteiger partial charge in [0.2, 0.25) is 0 Å². The number of carboxylic acid groups (broad SMARTS) is 1. The molecule has 1 aliphatic rings. The highest BCUT2D eigenvalue weighted by Gasteiger charge is 2.26. The number of halogens is 2. The minimum Gasteiger partial charge on any atom is -0.465 e. The van der Waals surface area contributed by atoms with Crippen molar-refractivity contribution in [3.8, 4) is 0 Å². The molecule has 24 heavy (non-hydrogen) atoms. The molecule has 0 saturated heterocycles. The Morgan fingerprint density at radius 3 is 2.67 bits per heavy atom. The van der Waals surface area contributed by atoms with Crippen LogP contribution in [0.15, 0.2) is 48.0 Å². The summed E-state index contributed by atoms with van der Waals surface area (Å²) in [6, 6.07) is 13.6. The number of hydrogen-bond donors (Lipinski definition) is 2. The van der Waals surface area contributed by atoms with Gasteiger partial charge in [0.1, 0.15) is 0 Å². The van der Waals surface area contributed by atoms with Crippen LogP contribution >= 0.6 is 23.2 Å². The van der Waals surface area contributed by atoms with E-state index in [1.165, 1.54) is 5.56 Å². The van der Waals surface area contributed by atoms with Crippen LogP contribution in [0, 0.1) is 0 Å². The molecule has 0 spiro atoms. The lowest BCUT2D eigenvalue weighted by Crippen LogP contribution is -2.33. The van der Waals surface area contributed by atoms with Crippen LogP contribution in [0.1, 0.15) is 36.0 Å². The lowest BCUT2D eigenvalue weighted by atomic mass is 9.77. The Kier molecular flexibility index (Phi) is 4.83. The molecule has 3 nitrogen and oxygen atoms in total. The van der Waals surface area contributed by atoms with Crippen LogP contribution < -0.4 is 5.32 Å². The van der Waals surface area contributed by atoms with E-state index in [1.54, 1.807) is 6.07 Å². The summed E-state index contributed by atoms with van der Waals surface area (Å²) in [5.74, 6) is 0.119. The maximum absolute atomic E-state index is 11.0. The van der Waals surface area contributed by atoms with Crippen LogP contribution in [0.3, 0.4) is 0 Å². The highest BCUT2D eigenvalue weighted by Crippen LogP contribution is 2.40. The fourth-order valence-electron chi connectivity index (χ4n) is 3.17. The predicted octanol–water partition coefficient (Wildman–Crippen LogP) is 5.57. The Balaban J connectivity index is 2.02. The van der Waals surface area contributed by atoms with Crippen molar-refractivity contribution in [2.45, 2.75) is 25.3 Å². The van der Waals surface area contributed by atoms with Crippen molar-refractivity contribution < 1.29 is 9.90 Å². The largest absolute Gasteiger partial charge is 0.465 e. The molecule has 0 aliphatic heterocycles. The molecule has 1 amide bonds. The van der Waals surface area contributed by atoms with Crippen molar-refractivity contribution in [1.82, 2.24) is 5.32 Å². The number of nitrogens with one attached hydrogen (secondary N) is 1. The first kappa shape index (κ1) is 16.9. The van der Waals surface area contributed by atoms with E-state index >= 15 is 0 Å². The summed E-state index contributed by atoms with van der Waals surface area (Å²) in [7, 11) is 0. The summed E-state index contributed by atoms with van der Waals surface area (Å²) >= 11 is 12.2. The number of hydrogen-bond acceptors (Lipinski definition) is 1. The van der Waals surface area contributed by atoms with E-state index < -0.39 is 6.09 Å². The van der Waals surface area contributed by atoms with Gasteiger partial charge in [-0.3, -0.25) is 0 Å². The van der Waals surface area contributed by atoms with Crippen LogP contribution in [0.5, 0.6) is 0 Å². The summed E-state index contributed by atoms with van der Waals surface area (Å²) in [6.45, 7) is 1.86. The Labute approximate surface area is 150 Å². The number of rotatable bonds is 3. The third kappa shape index (κ3) is 3.42. The lowest BCUT2D eigenvalue weighted by molar-refractivity contribution is 0.192. The molecular weight excluding hydrogens is 345 g/mol. The van der Waals surface area contributed by atoms with Gasteiger partial charge in [0.25, 0.3) is 0 Å². The van der Waals surface area contributed by atoms with Gasteiger partial charge in [-0.2, -0.15) is 0 Å². The molecule has 0 bridgehead atoms. The fourth-order valence-corrected chi connectivity index (χ4v) is 3.48. The van der Waals surface area contributed by atoms with E-state index in [0.717, 1.165) is 23.1 Å². The normalized spacial score (nSPS) is 17.6. The second kappa shape index (κ2) is 6.88. The van der Waals surface area contributed by atoms with Crippen molar-refractivity contribution in [3.05, 3.63) is 74.8 Å². The zero-order valence-corrected chi connectivity index (χ0v) is 14.6. The molecule has 3 rings (SSSR count). The first-order chi connectivity index (χ1) is 11.5. The van der Waals surface area contributed by atoms with E-state index in [2.05, 4.69) is 17.5 Å². The van der Waals surface area contributed by atoms with Gasteiger partial charge in [0, 0.05) is 5.92 Å². The number of carbonyl (C=O) groups is 1. The average Bonchev–Trinajstić information content (AvgIpc) is 2.55. The Hall–Kier alpha value is -1.97. The molecule has 0 heterocycles. The molecule has 2 atom stereocenters. The first-order valence-electron chi connectivity index (χ1n) is 7.69. The molecule has 1 aliphatic carbocycles. The van der Waals surface area contributed by atoms with Crippen LogP contribution in [0.25, 0.3) is 6.08 Å². The summed E-state index contributed by atoms with van der Waals surface area (Å²) in [4.78, 5) is 11.0. The number of benzene rings is 2. The monoisotopic (exact) mass is 361 g/mol. The number of amides is 1. The third-order valence-corrected chi connectivity index (χ3v) is 5.13. The van der Waals surface area contributed by atoms with E-state index in [-0.39, 0.29) is 12.0 Å². The van der Waals surface area contributed by atoms with Crippen molar-refractivity contribution >= 4 is 35.4 Å². The SMILES string of the molecule is C[C@H](NC(=O)O)C1=Cc2ccccc2[C@H](c2ccc(Cl)c(Cl)c2)C1. The topological polar surface area (TPSA) is 49.3 Å². The molecule has 0 saturated carbocycles. The molecule has 0 aromatic heterocycles. The van der Waals surface area contributed by atoms with E-state index in [0.29, 0.717) is 10.0 Å². The van der Waals surface area contributed by atoms with E-state index in [4.69, 9.17) is 28.3 Å². The minimum atomic E-state index is -1.02. The van der Waals surface area contributed by atoms with Gasteiger partial charge < -0.3 is 10.4 Å². The average molecular weight is 362 g/mol. The molecule has 2 N–H and O–H groups in total. The minimum absolute atomic E-state index is 0.119. The highest BCUT2D eigenvalue weighted by atomic mass is 35.5. The zero-order valence-electron chi connectivity index (χ0n) is 13.1. The first-order valence-corrected chi connectivity index (χ1v) is 8.45. The van der Waals surface area contributed by atoms with E-state index in [9.17, 15) is 4.79 Å². The van der Waals surface area contributed by atoms with Gasteiger partial charge in [-0.25, -0.2) is 4.79 Å². The number of fused-ring (bicyclic) bond motifs is 1. The molecule has 2 aromatic carbocycles. The van der Waals surface area contributed by atoms with Gasteiger partial charge in [0.15, 0.2) is 0 Å². The Bertz CT molecular complexity index is 817. The van der Waals surface area contributed by atoms with Gasteiger partial charge in [-0.05, 0) is 47.7 Å². The smallest absolute Gasteiger partial charge is 0.405 e. The standard InChI is InChI=1S/C19H17Cl2NO2/c1-11(22-19(23)24)14-8-12-4-2-3-5-15(12)16(9-14)13-6-7-17(20)18(21)10-13/h2-8,10-11,16,22H,9H2,1H3,(H,23,24)/t11-,16-/m0/s1. The second-order valence-electron chi connectivity index (χ2n) is 5.95. The highest BCUT2D eigenvalue weighted by molar-refractivity contribution is 6.42. The van der Waals surface area contributed by atoms with Crippen molar-refractivity contribution in [1.29, 1.82) is 0 Å². The molecule has 0 radical (unpaired) electrons. The van der Waals surface area contributed by atoms with Crippen LogP contribution in [0.4, 0.5) is 4.79 Å². The molecule has 2 aromatic rings.